The van der Waals surface area contributed by atoms with Gasteiger partial charge in [-0.3, -0.25) is 9.59 Å². The first-order chi connectivity index (χ1) is 14.5. The van der Waals surface area contributed by atoms with E-state index >= 15 is 0 Å². The number of ether oxygens (including phenoxy) is 1. The van der Waals surface area contributed by atoms with Crippen molar-refractivity contribution in [3.8, 4) is 0 Å². The number of amides is 3. The van der Waals surface area contributed by atoms with Crippen molar-refractivity contribution < 1.29 is 28.6 Å². The molecule has 3 rings (SSSR count). The highest BCUT2D eigenvalue weighted by atomic mass is 19.1. The number of imide groups is 1. The van der Waals surface area contributed by atoms with Crippen LogP contribution in [0.5, 0.6) is 0 Å². The van der Waals surface area contributed by atoms with Gasteiger partial charge in [0.15, 0.2) is 0 Å². The number of rotatable bonds is 3. The van der Waals surface area contributed by atoms with Crippen LogP contribution in [0.1, 0.15) is 44.4 Å². The number of nitrogens with one attached hydrogen (secondary N) is 1. The Morgan fingerprint density at radius 1 is 1.13 bits per heavy atom. The number of carbonyl (C=O) groups excluding carboxylic acids is 3. The highest BCUT2D eigenvalue weighted by molar-refractivity contribution is 6.42. The number of carbonyl (C=O) groups is 3. The summed E-state index contributed by atoms with van der Waals surface area (Å²) in [5.74, 6) is -2.22. The molecule has 1 aliphatic rings. The zero-order chi connectivity index (χ0) is 22.9. The average molecular weight is 426 g/mol. The van der Waals surface area contributed by atoms with E-state index in [1.54, 1.807) is 45.0 Å². The molecule has 2 N–H and O–H groups in total. The van der Waals surface area contributed by atoms with Crippen molar-refractivity contribution >= 4 is 34.9 Å². The minimum atomic E-state index is -0.721. The number of hydrogen-bond acceptors (Lipinski definition) is 5. The lowest BCUT2D eigenvalue weighted by Gasteiger charge is -2.19. The van der Waals surface area contributed by atoms with Crippen LogP contribution in [0.4, 0.5) is 14.9 Å². The molecular formula is C23H23FN2O5. The molecule has 162 valence electrons. The largest absolute Gasteiger partial charge is 0.506 e. The SMILES string of the molecule is CC(=O)N1C(=O)/C(=C(/O)c2ccc(CNC(=O)OC(C)(C)C)cc2)c2ccc(F)cc21. The third-order valence-electron chi connectivity index (χ3n) is 4.50. The Kier molecular flexibility index (Phi) is 5.83. The molecule has 0 spiro atoms. The summed E-state index contributed by atoms with van der Waals surface area (Å²) < 4.78 is 18.9. The maximum atomic E-state index is 13.7. The van der Waals surface area contributed by atoms with E-state index in [1.807, 2.05) is 0 Å². The third kappa shape index (κ3) is 4.74. The minimum absolute atomic E-state index is 0.0789. The lowest BCUT2D eigenvalue weighted by atomic mass is 10.0. The summed E-state index contributed by atoms with van der Waals surface area (Å²) in [6, 6.07) is 10.1. The minimum Gasteiger partial charge on any atom is -0.506 e. The third-order valence-corrected chi connectivity index (χ3v) is 4.50. The molecule has 0 atom stereocenters. The van der Waals surface area contributed by atoms with Crippen molar-refractivity contribution in [2.75, 3.05) is 4.90 Å². The van der Waals surface area contributed by atoms with Crippen LogP contribution in [0.15, 0.2) is 42.5 Å². The van der Waals surface area contributed by atoms with Crippen LogP contribution in [-0.2, 0) is 20.9 Å². The molecule has 0 aromatic heterocycles. The average Bonchev–Trinajstić information content (AvgIpc) is 2.96. The smallest absolute Gasteiger partial charge is 0.407 e. The number of aliphatic hydroxyl groups excluding tert-OH is 1. The molecule has 0 aliphatic carbocycles. The van der Waals surface area contributed by atoms with Gasteiger partial charge in [-0.25, -0.2) is 14.1 Å². The molecule has 2 aromatic rings. The van der Waals surface area contributed by atoms with Gasteiger partial charge in [-0.15, -0.1) is 0 Å². The van der Waals surface area contributed by atoms with E-state index in [2.05, 4.69) is 5.32 Å². The predicted octanol–water partition coefficient (Wildman–Crippen LogP) is 4.17. The van der Waals surface area contributed by atoms with Crippen LogP contribution >= 0.6 is 0 Å². The zero-order valence-corrected chi connectivity index (χ0v) is 17.7. The summed E-state index contributed by atoms with van der Waals surface area (Å²) >= 11 is 0. The van der Waals surface area contributed by atoms with Crippen molar-refractivity contribution in [2.24, 2.45) is 0 Å². The van der Waals surface area contributed by atoms with Gasteiger partial charge in [0.2, 0.25) is 5.91 Å². The maximum absolute atomic E-state index is 13.7. The zero-order valence-electron chi connectivity index (χ0n) is 17.7. The van der Waals surface area contributed by atoms with Gasteiger partial charge in [-0.2, -0.15) is 0 Å². The maximum Gasteiger partial charge on any atom is 0.407 e. The Morgan fingerprint density at radius 2 is 1.77 bits per heavy atom. The normalized spacial score (nSPS) is 14.9. The summed E-state index contributed by atoms with van der Waals surface area (Å²) in [5.41, 5.74) is 0.770. The summed E-state index contributed by atoms with van der Waals surface area (Å²) in [6.45, 7) is 6.70. The van der Waals surface area contributed by atoms with Gasteiger partial charge < -0.3 is 15.2 Å². The van der Waals surface area contributed by atoms with Crippen molar-refractivity contribution in [2.45, 2.75) is 39.8 Å². The van der Waals surface area contributed by atoms with E-state index in [4.69, 9.17) is 4.74 Å². The first-order valence-electron chi connectivity index (χ1n) is 9.62. The van der Waals surface area contributed by atoms with Gasteiger partial charge in [0, 0.05) is 24.6 Å². The fourth-order valence-corrected chi connectivity index (χ4v) is 3.19. The first kappa shape index (κ1) is 22.0. The van der Waals surface area contributed by atoms with Gasteiger partial charge in [-0.1, -0.05) is 24.3 Å². The van der Waals surface area contributed by atoms with Crippen molar-refractivity contribution in [3.63, 3.8) is 0 Å². The molecule has 3 amide bonds. The molecule has 8 heteroatoms. The van der Waals surface area contributed by atoms with Crippen LogP contribution in [-0.4, -0.2) is 28.6 Å². The van der Waals surface area contributed by atoms with Gasteiger partial charge in [0.05, 0.1) is 11.3 Å². The fraction of sp³-hybridized carbons (Fsp3) is 0.261. The van der Waals surface area contributed by atoms with Crippen molar-refractivity contribution in [1.82, 2.24) is 5.32 Å². The second-order valence-corrected chi connectivity index (χ2v) is 8.10. The van der Waals surface area contributed by atoms with E-state index < -0.39 is 29.3 Å². The number of nitrogens with zero attached hydrogens (tertiary/aromatic N) is 1. The van der Waals surface area contributed by atoms with E-state index in [0.29, 0.717) is 5.56 Å². The van der Waals surface area contributed by atoms with Gasteiger partial charge in [0.25, 0.3) is 5.91 Å². The number of anilines is 1. The lowest BCUT2D eigenvalue weighted by Crippen LogP contribution is -2.32. The second kappa shape index (κ2) is 8.22. The number of benzene rings is 2. The van der Waals surface area contributed by atoms with E-state index in [-0.39, 0.29) is 29.1 Å². The Labute approximate surface area is 179 Å². The Morgan fingerprint density at radius 3 is 2.35 bits per heavy atom. The molecule has 0 bridgehead atoms. The van der Waals surface area contributed by atoms with Crippen LogP contribution in [0, 0.1) is 5.82 Å². The molecule has 1 aliphatic heterocycles. The Balaban J connectivity index is 1.86. The molecular weight excluding hydrogens is 403 g/mol. The first-order valence-corrected chi connectivity index (χ1v) is 9.62. The number of fused-ring (bicyclic) bond motifs is 1. The van der Waals surface area contributed by atoms with Crippen LogP contribution < -0.4 is 10.2 Å². The van der Waals surface area contributed by atoms with Crippen LogP contribution in [0.2, 0.25) is 0 Å². The Hall–Kier alpha value is -3.68. The molecule has 0 fully saturated rings. The fourth-order valence-electron chi connectivity index (χ4n) is 3.19. The van der Waals surface area contributed by atoms with E-state index in [9.17, 15) is 23.9 Å². The van der Waals surface area contributed by atoms with Gasteiger partial charge in [-0.05, 0) is 44.5 Å². The topological polar surface area (TPSA) is 95.9 Å². The quantitative estimate of drug-likeness (QED) is 0.567. The lowest BCUT2D eigenvalue weighted by molar-refractivity contribution is -0.122. The number of alkyl carbamates (subject to hydrolysis) is 1. The molecule has 7 nitrogen and oxygen atoms in total. The van der Waals surface area contributed by atoms with Gasteiger partial charge >= 0.3 is 6.09 Å². The van der Waals surface area contributed by atoms with Crippen molar-refractivity contribution in [1.29, 1.82) is 0 Å². The van der Waals surface area contributed by atoms with Crippen LogP contribution in [0.3, 0.4) is 0 Å². The standard InChI is InChI=1S/C23H23FN2O5/c1-13(27)26-18-11-16(24)9-10-17(18)19(21(26)29)20(28)15-7-5-14(6-8-15)12-25-22(30)31-23(2,3)4/h5-11,28H,12H2,1-4H3,(H,25,30)/b20-19+. The molecule has 1 heterocycles. The molecule has 0 saturated carbocycles. The number of hydrogen-bond donors (Lipinski definition) is 2. The highest BCUT2D eigenvalue weighted by Gasteiger charge is 2.38. The van der Waals surface area contributed by atoms with E-state index in [1.165, 1.54) is 13.0 Å². The van der Waals surface area contributed by atoms with E-state index in [0.717, 1.165) is 22.6 Å². The van der Waals surface area contributed by atoms with Crippen LogP contribution in [0.25, 0.3) is 11.3 Å². The summed E-state index contributed by atoms with van der Waals surface area (Å²) in [4.78, 5) is 37.3. The summed E-state index contributed by atoms with van der Waals surface area (Å²) in [5, 5.41) is 13.4. The number of aliphatic hydroxyl groups is 1. The summed E-state index contributed by atoms with van der Waals surface area (Å²) in [7, 11) is 0. The number of halogens is 1. The van der Waals surface area contributed by atoms with Gasteiger partial charge in [0.1, 0.15) is 17.2 Å². The Bertz CT molecular complexity index is 1080. The van der Waals surface area contributed by atoms with Crippen molar-refractivity contribution in [3.05, 3.63) is 65.0 Å². The molecule has 31 heavy (non-hydrogen) atoms. The monoisotopic (exact) mass is 426 g/mol. The molecule has 2 aromatic carbocycles. The second-order valence-electron chi connectivity index (χ2n) is 8.10. The molecule has 0 saturated heterocycles. The summed E-state index contributed by atoms with van der Waals surface area (Å²) in [6.07, 6.45) is -0.550. The highest BCUT2D eigenvalue weighted by Crippen LogP contribution is 2.40. The molecule has 0 radical (unpaired) electrons. The molecule has 0 unspecified atom stereocenters. The predicted molar refractivity (Wildman–Crippen MR) is 114 cm³/mol.